The van der Waals surface area contributed by atoms with Gasteiger partial charge in [0, 0.05) is 81.4 Å². The Labute approximate surface area is 198 Å². The summed E-state index contributed by atoms with van der Waals surface area (Å²) in [4.78, 5) is 26.4. The van der Waals surface area contributed by atoms with Gasteiger partial charge in [0.15, 0.2) is 0 Å². The second-order valence-corrected chi connectivity index (χ2v) is 9.84. The van der Waals surface area contributed by atoms with E-state index in [1.165, 1.54) is 22.6 Å². The molecule has 0 radical (unpaired) electrons. The predicted molar refractivity (Wildman–Crippen MR) is 129 cm³/mol. The lowest BCUT2D eigenvalue weighted by Crippen LogP contribution is -2.39. The maximum absolute atomic E-state index is 12.4. The second-order valence-electron chi connectivity index (χ2n) is 9.84. The van der Waals surface area contributed by atoms with Crippen molar-refractivity contribution in [2.24, 2.45) is 14.1 Å². The van der Waals surface area contributed by atoms with Crippen molar-refractivity contribution in [2.75, 3.05) is 24.5 Å². The number of aromatic nitrogens is 4. The molecule has 3 aliphatic rings. The van der Waals surface area contributed by atoms with Crippen LogP contribution < -0.4 is 15.5 Å². The minimum atomic E-state index is -0.373. The summed E-state index contributed by atoms with van der Waals surface area (Å²) in [6.45, 7) is 3.96. The van der Waals surface area contributed by atoms with Crippen molar-refractivity contribution in [3.05, 3.63) is 40.8 Å². The molecule has 178 valence electrons. The van der Waals surface area contributed by atoms with Crippen LogP contribution >= 0.6 is 0 Å². The van der Waals surface area contributed by atoms with Crippen LogP contribution in [0.25, 0.3) is 10.9 Å². The Morgan fingerprint density at radius 3 is 2.56 bits per heavy atom. The number of hydrogen-bond donors (Lipinski definition) is 2. The van der Waals surface area contributed by atoms with Crippen molar-refractivity contribution in [3.63, 3.8) is 0 Å². The van der Waals surface area contributed by atoms with Gasteiger partial charge in [0.05, 0.1) is 22.8 Å². The first-order valence-corrected chi connectivity index (χ1v) is 12.3. The number of nitrogens with one attached hydrogen (secondary N) is 2. The number of nitrogens with zero attached hydrogens (tertiary/aromatic N) is 5. The third kappa shape index (κ3) is 3.50. The number of fused-ring (bicyclic) bond motifs is 2. The summed E-state index contributed by atoms with van der Waals surface area (Å²) in [6.07, 6.45) is 4.11. The highest BCUT2D eigenvalue weighted by Gasteiger charge is 2.32. The molecule has 2 saturated heterocycles. The van der Waals surface area contributed by atoms with Crippen LogP contribution in [0.3, 0.4) is 0 Å². The Morgan fingerprint density at radius 1 is 0.971 bits per heavy atom. The van der Waals surface area contributed by atoms with Gasteiger partial charge in [0.2, 0.25) is 11.8 Å². The van der Waals surface area contributed by atoms with Gasteiger partial charge in [0.25, 0.3) is 0 Å². The van der Waals surface area contributed by atoms with E-state index in [0.717, 1.165) is 62.0 Å². The monoisotopic (exact) mass is 461 g/mol. The Kier molecular flexibility index (Phi) is 5.17. The van der Waals surface area contributed by atoms with Crippen LogP contribution in [0.5, 0.6) is 0 Å². The molecule has 0 bridgehead atoms. The quantitative estimate of drug-likeness (QED) is 0.578. The van der Waals surface area contributed by atoms with E-state index < -0.39 is 0 Å². The molecule has 3 aromatic rings. The van der Waals surface area contributed by atoms with Crippen molar-refractivity contribution < 1.29 is 9.59 Å². The normalized spacial score (nSPS) is 21.7. The summed E-state index contributed by atoms with van der Waals surface area (Å²) in [5, 5.41) is 16.6. The molecule has 1 atom stereocenters. The van der Waals surface area contributed by atoms with Gasteiger partial charge < -0.3 is 10.2 Å². The Balaban J connectivity index is 1.21. The van der Waals surface area contributed by atoms with E-state index in [-0.39, 0.29) is 17.7 Å². The van der Waals surface area contributed by atoms with E-state index in [2.05, 4.69) is 50.6 Å². The van der Waals surface area contributed by atoms with Crippen LogP contribution in [0.4, 0.5) is 5.69 Å². The van der Waals surface area contributed by atoms with Gasteiger partial charge in [-0.2, -0.15) is 10.2 Å². The molecule has 0 aliphatic carbocycles. The molecule has 9 nitrogen and oxygen atoms in total. The number of imide groups is 1. The molecule has 1 unspecified atom stereocenters. The van der Waals surface area contributed by atoms with E-state index in [4.69, 9.17) is 5.10 Å². The van der Waals surface area contributed by atoms with E-state index in [1.54, 1.807) is 0 Å². The van der Waals surface area contributed by atoms with Gasteiger partial charge in [-0.1, -0.05) is 0 Å². The third-order valence-electron chi connectivity index (χ3n) is 7.83. The molecule has 9 heteroatoms. The van der Waals surface area contributed by atoms with Gasteiger partial charge in [-0.3, -0.25) is 24.3 Å². The van der Waals surface area contributed by atoms with Crippen LogP contribution in [-0.2, 0) is 36.6 Å². The number of hydrogen-bond acceptors (Lipinski definition) is 6. The minimum Gasteiger partial charge on any atom is -0.371 e. The number of aryl methyl sites for hydroxylation is 2. The number of amides is 2. The maximum Gasteiger partial charge on any atom is 0.235 e. The molecule has 5 heterocycles. The van der Waals surface area contributed by atoms with Crippen LogP contribution in [0.15, 0.2) is 18.2 Å². The number of rotatable bonds is 3. The number of anilines is 1. The summed E-state index contributed by atoms with van der Waals surface area (Å²) < 4.78 is 3.95. The largest absolute Gasteiger partial charge is 0.371 e. The average molecular weight is 462 g/mol. The minimum absolute atomic E-state index is 0.199. The van der Waals surface area contributed by atoms with Crippen molar-refractivity contribution >= 4 is 28.4 Å². The van der Waals surface area contributed by atoms with Crippen molar-refractivity contribution in [1.29, 1.82) is 0 Å². The van der Waals surface area contributed by atoms with Crippen LogP contribution in [0.2, 0.25) is 0 Å². The molecule has 2 amide bonds. The molecule has 0 spiro atoms. The molecular weight excluding hydrogens is 430 g/mol. The fraction of sp³-hybridized carbons (Fsp3) is 0.520. The smallest absolute Gasteiger partial charge is 0.235 e. The van der Waals surface area contributed by atoms with Crippen LogP contribution in [-0.4, -0.2) is 51.0 Å². The lowest BCUT2D eigenvalue weighted by molar-refractivity contribution is -0.134. The third-order valence-corrected chi connectivity index (χ3v) is 7.83. The molecule has 2 aromatic heterocycles. The summed E-state index contributed by atoms with van der Waals surface area (Å²) in [5.74, 6) is -0.309. The summed E-state index contributed by atoms with van der Waals surface area (Å²) in [7, 11) is 4.00. The molecule has 6 rings (SSSR count). The zero-order chi connectivity index (χ0) is 23.4. The highest BCUT2D eigenvalue weighted by atomic mass is 16.2. The Bertz CT molecular complexity index is 1280. The maximum atomic E-state index is 12.4. The Hall–Kier alpha value is -3.20. The van der Waals surface area contributed by atoms with Crippen molar-refractivity contribution in [2.45, 2.75) is 50.5 Å². The first-order chi connectivity index (χ1) is 16.5. The van der Waals surface area contributed by atoms with Gasteiger partial charge in [-0.05, 0) is 37.5 Å². The lowest BCUT2D eigenvalue weighted by Gasteiger charge is -2.33. The molecule has 34 heavy (non-hydrogen) atoms. The molecule has 0 saturated carbocycles. The lowest BCUT2D eigenvalue weighted by atomic mass is 9.89. The van der Waals surface area contributed by atoms with Crippen molar-refractivity contribution in [3.8, 4) is 0 Å². The van der Waals surface area contributed by atoms with Crippen molar-refractivity contribution in [1.82, 2.24) is 30.2 Å². The van der Waals surface area contributed by atoms with Gasteiger partial charge in [0.1, 0.15) is 0 Å². The highest BCUT2D eigenvalue weighted by Crippen LogP contribution is 2.36. The van der Waals surface area contributed by atoms with E-state index >= 15 is 0 Å². The molecule has 2 N–H and O–H groups in total. The van der Waals surface area contributed by atoms with Gasteiger partial charge >= 0.3 is 0 Å². The van der Waals surface area contributed by atoms with E-state index in [0.29, 0.717) is 18.8 Å². The average Bonchev–Trinajstić information content (AvgIpc) is 3.36. The number of carbonyl (C=O) groups is 2. The van der Waals surface area contributed by atoms with E-state index in [1.807, 2.05) is 11.7 Å². The number of benzene rings is 1. The fourth-order valence-corrected chi connectivity index (χ4v) is 5.97. The highest BCUT2D eigenvalue weighted by molar-refractivity contribution is 6.02. The first kappa shape index (κ1) is 21.3. The zero-order valence-electron chi connectivity index (χ0n) is 19.8. The number of piperidine rings is 2. The standard InChI is InChI=1S/C25H31N7O2/c1-30-20-7-10-26-14-19(20)23(28-30)15-8-11-32(12-9-15)16-3-4-17-21(13-16)31(2)29-24(17)18-5-6-22(33)27-25(18)34/h3-4,13,15,18,26H,5-12,14H2,1-2H3,(H,27,33,34). The van der Waals surface area contributed by atoms with Crippen LogP contribution in [0.1, 0.15) is 60.2 Å². The molecule has 1 aromatic carbocycles. The predicted octanol–water partition coefficient (Wildman–Crippen LogP) is 1.86. The second kappa shape index (κ2) is 8.23. The summed E-state index contributed by atoms with van der Waals surface area (Å²) in [5.41, 5.74) is 7.08. The number of carbonyl (C=O) groups excluding carboxylic acids is 2. The van der Waals surface area contributed by atoms with E-state index in [9.17, 15) is 9.59 Å². The topological polar surface area (TPSA) is 97.1 Å². The molecule has 3 aliphatic heterocycles. The fourth-order valence-electron chi connectivity index (χ4n) is 5.97. The van der Waals surface area contributed by atoms with Crippen LogP contribution in [0, 0.1) is 0 Å². The first-order valence-electron chi connectivity index (χ1n) is 12.3. The Morgan fingerprint density at radius 2 is 1.76 bits per heavy atom. The molecular formula is C25H31N7O2. The van der Waals surface area contributed by atoms with Gasteiger partial charge in [-0.25, -0.2) is 0 Å². The van der Waals surface area contributed by atoms with Gasteiger partial charge in [-0.15, -0.1) is 0 Å². The molecule has 2 fully saturated rings. The SMILES string of the molecule is Cn1nc(C2CCN(c3ccc4c(C5CCC(=O)NC5=O)nn(C)c4c3)CC2)c2c1CCNC2. The summed E-state index contributed by atoms with van der Waals surface area (Å²) in [6, 6.07) is 6.42. The zero-order valence-corrected chi connectivity index (χ0v) is 19.8. The summed E-state index contributed by atoms with van der Waals surface area (Å²) >= 11 is 0.